The molecule has 1 N–H and O–H groups in total. The van der Waals surface area contributed by atoms with E-state index in [1.165, 1.54) is 17.8 Å². The lowest BCUT2D eigenvalue weighted by molar-refractivity contribution is 0.0168. The highest BCUT2D eigenvalue weighted by atomic mass is 32.1. The summed E-state index contributed by atoms with van der Waals surface area (Å²) in [5.74, 6) is -0.890. The molecule has 0 amide bonds. The Hall–Kier alpha value is -1.24. The number of hydrogen-bond acceptors (Lipinski definition) is 5. The van der Waals surface area contributed by atoms with Gasteiger partial charge in [0.05, 0.1) is 27.2 Å². The highest BCUT2D eigenvalue weighted by Gasteiger charge is 2.17. The minimum absolute atomic E-state index is 0.292. The van der Waals surface area contributed by atoms with Crippen molar-refractivity contribution in [2.75, 3.05) is 6.61 Å². The van der Waals surface area contributed by atoms with Crippen LogP contribution in [-0.2, 0) is 11.2 Å². The van der Waals surface area contributed by atoms with Gasteiger partial charge in [0.1, 0.15) is 0 Å². The molecule has 3 heterocycles. The van der Waals surface area contributed by atoms with Crippen LogP contribution in [0.1, 0.15) is 34.6 Å². The lowest BCUT2D eigenvalue weighted by Crippen LogP contribution is -2.21. The molecule has 1 atom stereocenters. The maximum absolute atomic E-state index is 10.9. The van der Waals surface area contributed by atoms with Crippen molar-refractivity contribution in [3.05, 3.63) is 27.4 Å². The molecular formula is C14H15NO3S2. The van der Waals surface area contributed by atoms with E-state index in [9.17, 15) is 4.79 Å². The van der Waals surface area contributed by atoms with Crippen molar-refractivity contribution in [2.24, 2.45) is 0 Å². The van der Waals surface area contributed by atoms with Crippen molar-refractivity contribution in [2.45, 2.75) is 31.8 Å². The number of hydrogen-bond donors (Lipinski definition) is 1. The molecule has 1 aliphatic heterocycles. The predicted molar refractivity (Wildman–Crippen MR) is 79.7 cm³/mol. The maximum Gasteiger partial charge on any atom is 0.336 e. The number of nitrogens with zero attached hydrogens (tertiary/aromatic N) is 1. The standard InChI is InChI=1S/C14H15NO3S2/c16-14(17)9-5-12(19-7-9)11-8-20-13(15-11)6-10-3-1-2-4-18-10/h5,7-8,10H,1-4,6H2,(H,16,17). The first-order chi connectivity index (χ1) is 9.72. The summed E-state index contributed by atoms with van der Waals surface area (Å²) in [5, 5.41) is 13.7. The number of rotatable bonds is 4. The molecule has 4 nitrogen and oxygen atoms in total. The van der Waals surface area contributed by atoms with Crippen molar-refractivity contribution in [3.63, 3.8) is 0 Å². The average molecular weight is 309 g/mol. The first kappa shape index (κ1) is 13.7. The maximum atomic E-state index is 10.9. The van der Waals surface area contributed by atoms with Crippen LogP contribution in [-0.4, -0.2) is 28.8 Å². The van der Waals surface area contributed by atoms with Gasteiger partial charge in [-0.1, -0.05) is 0 Å². The zero-order chi connectivity index (χ0) is 13.9. The van der Waals surface area contributed by atoms with Crippen molar-refractivity contribution < 1.29 is 14.6 Å². The van der Waals surface area contributed by atoms with Gasteiger partial charge >= 0.3 is 5.97 Å². The number of aromatic carboxylic acids is 1. The molecule has 1 saturated heterocycles. The van der Waals surface area contributed by atoms with E-state index in [1.807, 2.05) is 5.38 Å². The first-order valence-corrected chi connectivity index (χ1v) is 8.36. The van der Waals surface area contributed by atoms with Crippen LogP contribution >= 0.6 is 22.7 Å². The summed E-state index contributed by atoms with van der Waals surface area (Å²) < 4.78 is 5.72. The van der Waals surface area contributed by atoms with Crippen LogP contribution in [0.5, 0.6) is 0 Å². The molecule has 20 heavy (non-hydrogen) atoms. The van der Waals surface area contributed by atoms with Gasteiger partial charge in [-0.3, -0.25) is 0 Å². The number of thiazole rings is 1. The second-order valence-corrected chi connectivity index (χ2v) is 6.68. The molecule has 0 bridgehead atoms. The summed E-state index contributed by atoms with van der Waals surface area (Å²) in [7, 11) is 0. The van der Waals surface area contributed by atoms with Gasteiger partial charge in [0.15, 0.2) is 0 Å². The molecule has 2 aromatic heterocycles. The average Bonchev–Trinajstić information content (AvgIpc) is 3.08. The molecule has 0 spiro atoms. The summed E-state index contributed by atoms with van der Waals surface area (Å²) in [6.07, 6.45) is 4.65. The van der Waals surface area contributed by atoms with Crippen LogP contribution in [0.25, 0.3) is 10.6 Å². The number of carbonyl (C=O) groups is 1. The lowest BCUT2D eigenvalue weighted by atomic mass is 10.1. The Morgan fingerprint density at radius 3 is 3.00 bits per heavy atom. The van der Waals surface area contributed by atoms with Crippen molar-refractivity contribution in [1.82, 2.24) is 4.98 Å². The normalized spacial score (nSPS) is 19.1. The third kappa shape index (κ3) is 3.08. The Morgan fingerprint density at radius 2 is 2.30 bits per heavy atom. The van der Waals surface area contributed by atoms with Crippen molar-refractivity contribution in [1.29, 1.82) is 0 Å². The third-order valence-corrected chi connectivity index (χ3v) is 5.15. The molecule has 0 saturated carbocycles. The summed E-state index contributed by atoms with van der Waals surface area (Å²) in [6, 6.07) is 1.68. The molecule has 0 aliphatic carbocycles. The van der Waals surface area contributed by atoms with Crippen LogP contribution in [0.2, 0.25) is 0 Å². The molecule has 1 fully saturated rings. The fourth-order valence-electron chi connectivity index (χ4n) is 2.26. The van der Waals surface area contributed by atoms with Crippen LogP contribution in [0, 0.1) is 0 Å². The van der Waals surface area contributed by atoms with E-state index in [0.29, 0.717) is 11.7 Å². The number of ether oxygens (including phenoxy) is 1. The zero-order valence-corrected chi connectivity index (χ0v) is 12.5. The third-order valence-electron chi connectivity index (χ3n) is 3.33. The fourth-order valence-corrected chi connectivity index (χ4v) is 4.04. The molecule has 1 unspecified atom stereocenters. The van der Waals surface area contributed by atoms with Gasteiger partial charge in [-0.25, -0.2) is 9.78 Å². The minimum Gasteiger partial charge on any atom is -0.478 e. The number of aromatic nitrogens is 1. The smallest absolute Gasteiger partial charge is 0.336 e. The largest absolute Gasteiger partial charge is 0.478 e. The molecule has 2 aromatic rings. The lowest BCUT2D eigenvalue weighted by Gasteiger charge is -2.21. The molecule has 0 radical (unpaired) electrons. The Bertz CT molecular complexity index is 599. The molecular weight excluding hydrogens is 294 g/mol. The molecule has 106 valence electrons. The Kier molecular flexibility index (Phi) is 4.14. The van der Waals surface area contributed by atoms with Gasteiger partial charge in [0.25, 0.3) is 0 Å². The monoisotopic (exact) mass is 309 g/mol. The predicted octanol–water partition coefficient (Wildman–Crippen LogP) is 3.68. The number of carboxylic acids is 1. The Labute approximate surface area is 125 Å². The molecule has 3 rings (SSSR count). The number of carboxylic acid groups (broad SMARTS) is 1. The van der Waals surface area contributed by atoms with E-state index in [2.05, 4.69) is 4.98 Å². The van der Waals surface area contributed by atoms with E-state index in [4.69, 9.17) is 9.84 Å². The Balaban J connectivity index is 1.70. The minimum atomic E-state index is -0.890. The van der Waals surface area contributed by atoms with Gasteiger partial charge in [0, 0.05) is 23.8 Å². The summed E-state index contributed by atoms with van der Waals surface area (Å²) >= 11 is 3.05. The van der Waals surface area contributed by atoms with Crippen molar-refractivity contribution >= 4 is 28.6 Å². The summed E-state index contributed by atoms with van der Waals surface area (Å²) in [4.78, 5) is 16.4. The van der Waals surface area contributed by atoms with Gasteiger partial charge in [0.2, 0.25) is 0 Å². The van der Waals surface area contributed by atoms with Gasteiger partial charge in [-0.05, 0) is 25.3 Å². The highest BCUT2D eigenvalue weighted by Crippen LogP contribution is 2.29. The van der Waals surface area contributed by atoms with E-state index in [-0.39, 0.29) is 0 Å². The van der Waals surface area contributed by atoms with Gasteiger partial charge in [-0.2, -0.15) is 0 Å². The summed E-state index contributed by atoms with van der Waals surface area (Å²) in [6.45, 7) is 0.857. The summed E-state index contributed by atoms with van der Waals surface area (Å²) in [5.41, 5.74) is 1.20. The van der Waals surface area contributed by atoms with Crippen LogP contribution in [0.15, 0.2) is 16.8 Å². The molecule has 1 aliphatic rings. The highest BCUT2D eigenvalue weighted by molar-refractivity contribution is 7.14. The molecule has 6 heteroatoms. The second kappa shape index (κ2) is 6.03. The van der Waals surface area contributed by atoms with Crippen molar-refractivity contribution in [3.8, 4) is 10.6 Å². The first-order valence-electron chi connectivity index (χ1n) is 6.60. The topological polar surface area (TPSA) is 59.4 Å². The van der Waals surface area contributed by atoms with Crippen LogP contribution in [0.4, 0.5) is 0 Å². The van der Waals surface area contributed by atoms with Gasteiger partial charge in [-0.15, -0.1) is 22.7 Å². The number of thiophene rings is 1. The van der Waals surface area contributed by atoms with Crippen LogP contribution < -0.4 is 0 Å². The molecule has 0 aromatic carbocycles. The fraction of sp³-hybridized carbons (Fsp3) is 0.429. The Morgan fingerprint density at radius 1 is 1.40 bits per heavy atom. The SMILES string of the molecule is O=C(O)c1csc(-c2csc(CC3CCCCO3)n2)c1. The van der Waals surface area contributed by atoms with Gasteiger partial charge < -0.3 is 9.84 Å². The van der Waals surface area contributed by atoms with E-state index in [0.717, 1.165) is 41.4 Å². The second-order valence-electron chi connectivity index (χ2n) is 4.82. The van der Waals surface area contributed by atoms with E-state index >= 15 is 0 Å². The van der Waals surface area contributed by atoms with E-state index in [1.54, 1.807) is 22.8 Å². The van der Waals surface area contributed by atoms with Crippen LogP contribution in [0.3, 0.4) is 0 Å². The zero-order valence-electron chi connectivity index (χ0n) is 10.9. The quantitative estimate of drug-likeness (QED) is 0.936. The van der Waals surface area contributed by atoms with E-state index < -0.39 is 5.97 Å².